The van der Waals surface area contributed by atoms with Gasteiger partial charge in [-0.3, -0.25) is 4.79 Å². The number of carbonyl (C=O) groups excluding carboxylic acids is 1. The Morgan fingerprint density at radius 3 is 2.90 bits per heavy atom. The average molecular weight is 273 g/mol. The zero-order chi connectivity index (χ0) is 14.4. The summed E-state index contributed by atoms with van der Waals surface area (Å²) in [7, 11) is 1.55. The van der Waals surface area contributed by atoms with Crippen LogP contribution in [0.1, 0.15) is 37.7 Å². The lowest BCUT2D eigenvalue weighted by Crippen LogP contribution is -2.41. The minimum absolute atomic E-state index is 0.157. The van der Waals surface area contributed by atoms with Gasteiger partial charge in [-0.1, -0.05) is 19.3 Å². The van der Waals surface area contributed by atoms with Gasteiger partial charge in [-0.25, -0.2) is 4.98 Å². The number of amides is 1. The summed E-state index contributed by atoms with van der Waals surface area (Å²) in [5.74, 6) is 0.361. The molecule has 1 aliphatic rings. The number of nitriles is 1. The van der Waals surface area contributed by atoms with Crippen molar-refractivity contribution in [2.24, 2.45) is 5.41 Å². The summed E-state index contributed by atoms with van der Waals surface area (Å²) in [6.07, 6.45) is 5.97. The maximum absolute atomic E-state index is 12.3. The molecular weight excluding hydrogens is 254 g/mol. The predicted octanol–water partition coefficient (Wildman–Crippen LogP) is 2.18. The van der Waals surface area contributed by atoms with Gasteiger partial charge >= 0.3 is 0 Å². The Hall–Kier alpha value is -2.09. The summed E-state index contributed by atoms with van der Waals surface area (Å²) in [4.78, 5) is 16.3. The summed E-state index contributed by atoms with van der Waals surface area (Å²) >= 11 is 0. The molecule has 5 heteroatoms. The van der Waals surface area contributed by atoms with E-state index in [2.05, 4.69) is 16.4 Å². The zero-order valence-electron chi connectivity index (χ0n) is 11.7. The lowest BCUT2D eigenvalue weighted by atomic mass is 9.74. The lowest BCUT2D eigenvalue weighted by molar-refractivity contribution is -0.129. The van der Waals surface area contributed by atoms with Gasteiger partial charge < -0.3 is 10.1 Å². The van der Waals surface area contributed by atoms with Crippen molar-refractivity contribution in [1.82, 2.24) is 10.3 Å². The molecule has 2 rings (SSSR count). The topological polar surface area (TPSA) is 75.0 Å². The van der Waals surface area contributed by atoms with Gasteiger partial charge in [-0.05, 0) is 24.5 Å². The molecule has 1 N–H and O–H groups in total. The second-order valence-corrected chi connectivity index (χ2v) is 5.14. The van der Waals surface area contributed by atoms with E-state index in [9.17, 15) is 10.1 Å². The van der Waals surface area contributed by atoms with Crippen LogP contribution in [0.25, 0.3) is 0 Å². The molecule has 0 aliphatic heterocycles. The van der Waals surface area contributed by atoms with Crippen LogP contribution in [0.4, 0.5) is 0 Å². The van der Waals surface area contributed by atoms with E-state index in [1.54, 1.807) is 19.4 Å². The van der Waals surface area contributed by atoms with Crippen molar-refractivity contribution in [1.29, 1.82) is 5.26 Å². The first-order chi connectivity index (χ1) is 9.70. The fraction of sp³-hybridized carbons (Fsp3) is 0.533. The number of ether oxygens (including phenoxy) is 1. The molecule has 0 spiro atoms. The first kappa shape index (κ1) is 14.3. The van der Waals surface area contributed by atoms with Crippen LogP contribution in [0.2, 0.25) is 0 Å². The summed E-state index contributed by atoms with van der Waals surface area (Å²) in [5.41, 5.74) is 0.0733. The molecule has 20 heavy (non-hydrogen) atoms. The number of nitrogens with one attached hydrogen (secondary N) is 1. The van der Waals surface area contributed by atoms with Gasteiger partial charge in [0.05, 0.1) is 13.2 Å². The molecule has 1 aromatic heterocycles. The number of nitrogens with zero attached hydrogens (tertiary/aromatic N) is 2. The van der Waals surface area contributed by atoms with E-state index in [-0.39, 0.29) is 5.91 Å². The third-order valence-corrected chi connectivity index (χ3v) is 3.82. The second-order valence-electron chi connectivity index (χ2n) is 5.14. The molecule has 106 valence electrons. The Morgan fingerprint density at radius 2 is 2.25 bits per heavy atom. The van der Waals surface area contributed by atoms with Crippen LogP contribution >= 0.6 is 0 Å². The zero-order valence-corrected chi connectivity index (χ0v) is 11.7. The predicted molar refractivity (Wildman–Crippen MR) is 73.8 cm³/mol. The smallest absolute Gasteiger partial charge is 0.240 e. The molecule has 0 saturated heterocycles. The Balaban J connectivity index is 1.99. The van der Waals surface area contributed by atoms with E-state index in [0.29, 0.717) is 25.3 Å². The second kappa shape index (κ2) is 6.38. The third-order valence-electron chi connectivity index (χ3n) is 3.82. The summed E-state index contributed by atoms with van der Waals surface area (Å²) < 4.78 is 5.04. The molecule has 1 heterocycles. The Labute approximate surface area is 119 Å². The molecule has 5 nitrogen and oxygen atoms in total. The van der Waals surface area contributed by atoms with E-state index < -0.39 is 5.41 Å². The molecule has 0 radical (unpaired) electrons. The standard InChI is InChI=1S/C15H19N3O2/c1-20-13-9-12(5-8-17-13)10-18-14(19)15(11-16)6-3-2-4-7-15/h5,8-9H,2-4,6-7,10H2,1H3,(H,18,19). The number of pyridine rings is 1. The quantitative estimate of drug-likeness (QED) is 0.912. The van der Waals surface area contributed by atoms with Gasteiger partial charge in [-0.15, -0.1) is 0 Å². The van der Waals surface area contributed by atoms with E-state index in [1.807, 2.05) is 6.07 Å². The largest absolute Gasteiger partial charge is 0.481 e. The van der Waals surface area contributed by atoms with E-state index >= 15 is 0 Å². The minimum Gasteiger partial charge on any atom is -0.481 e. The Kier molecular flexibility index (Phi) is 4.57. The molecule has 1 amide bonds. The third kappa shape index (κ3) is 3.08. The van der Waals surface area contributed by atoms with Gasteiger partial charge in [0, 0.05) is 18.8 Å². The normalized spacial score (nSPS) is 17.0. The van der Waals surface area contributed by atoms with Crippen LogP contribution in [0.15, 0.2) is 18.3 Å². The van der Waals surface area contributed by atoms with Crippen molar-refractivity contribution in [2.45, 2.75) is 38.6 Å². The number of hydrogen-bond donors (Lipinski definition) is 1. The van der Waals surface area contributed by atoms with Crippen LogP contribution in [-0.4, -0.2) is 18.0 Å². The van der Waals surface area contributed by atoms with Gasteiger partial charge in [0.1, 0.15) is 5.41 Å². The van der Waals surface area contributed by atoms with Crippen molar-refractivity contribution in [3.8, 4) is 11.9 Å². The van der Waals surface area contributed by atoms with Crippen molar-refractivity contribution >= 4 is 5.91 Å². The van der Waals surface area contributed by atoms with Crippen molar-refractivity contribution < 1.29 is 9.53 Å². The molecule has 0 unspecified atom stereocenters. The van der Waals surface area contributed by atoms with Crippen LogP contribution in [0.3, 0.4) is 0 Å². The maximum atomic E-state index is 12.3. The maximum Gasteiger partial charge on any atom is 0.240 e. The van der Waals surface area contributed by atoms with Gasteiger partial charge in [0.2, 0.25) is 11.8 Å². The summed E-state index contributed by atoms with van der Waals surface area (Å²) in [6.45, 7) is 0.390. The number of rotatable bonds is 4. The molecule has 1 aromatic rings. The number of aromatic nitrogens is 1. The fourth-order valence-electron chi connectivity index (χ4n) is 2.57. The van der Waals surface area contributed by atoms with Crippen molar-refractivity contribution in [3.05, 3.63) is 23.9 Å². The monoisotopic (exact) mass is 273 g/mol. The highest BCUT2D eigenvalue weighted by molar-refractivity contribution is 5.85. The highest BCUT2D eigenvalue weighted by Gasteiger charge is 2.39. The molecule has 0 bridgehead atoms. The van der Waals surface area contributed by atoms with Gasteiger partial charge in [0.25, 0.3) is 0 Å². The molecule has 1 aliphatic carbocycles. The number of carbonyl (C=O) groups is 1. The molecule has 1 fully saturated rings. The molecule has 0 atom stereocenters. The minimum atomic E-state index is -0.838. The van der Waals surface area contributed by atoms with Gasteiger partial charge in [-0.2, -0.15) is 5.26 Å². The van der Waals surface area contributed by atoms with E-state index in [4.69, 9.17) is 4.74 Å². The van der Waals surface area contributed by atoms with E-state index in [1.165, 1.54) is 0 Å². The van der Waals surface area contributed by atoms with Crippen molar-refractivity contribution in [3.63, 3.8) is 0 Å². The van der Waals surface area contributed by atoms with E-state index in [0.717, 1.165) is 24.8 Å². The SMILES string of the molecule is COc1cc(CNC(=O)C2(C#N)CCCCC2)ccn1. The van der Waals surface area contributed by atoms with Crippen molar-refractivity contribution in [2.75, 3.05) is 7.11 Å². The summed E-state index contributed by atoms with van der Waals surface area (Å²) in [6, 6.07) is 5.83. The summed E-state index contributed by atoms with van der Waals surface area (Å²) in [5, 5.41) is 12.2. The number of hydrogen-bond acceptors (Lipinski definition) is 4. The number of methoxy groups -OCH3 is 1. The first-order valence-corrected chi connectivity index (χ1v) is 6.89. The Morgan fingerprint density at radius 1 is 1.50 bits per heavy atom. The van der Waals surface area contributed by atoms with Crippen LogP contribution in [0.5, 0.6) is 5.88 Å². The fourth-order valence-corrected chi connectivity index (χ4v) is 2.57. The van der Waals surface area contributed by atoms with Crippen LogP contribution in [-0.2, 0) is 11.3 Å². The highest BCUT2D eigenvalue weighted by Crippen LogP contribution is 2.35. The van der Waals surface area contributed by atoms with Gasteiger partial charge in [0.15, 0.2) is 0 Å². The van der Waals surface area contributed by atoms with Crippen LogP contribution < -0.4 is 10.1 Å². The molecule has 1 saturated carbocycles. The molecule has 0 aromatic carbocycles. The molecular formula is C15H19N3O2. The highest BCUT2D eigenvalue weighted by atomic mass is 16.5. The first-order valence-electron chi connectivity index (χ1n) is 6.89. The average Bonchev–Trinajstić information content (AvgIpc) is 2.53. The Bertz CT molecular complexity index is 516. The van der Waals surface area contributed by atoms with Crippen LogP contribution in [0, 0.1) is 16.7 Å². The lowest BCUT2D eigenvalue weighted by Gasteiger charge is -2.29.